The van der Waals surface area contributed by atoms with E-state index in [0.29, 0.717) is 5.02 Å². The van der Waals surface area contributed by atoms with Gasteiger partial charge in [0.15, 0.2) is 0 Å². The molecule has 0 amide bonds. The number of aliphatic hydroxyl groups excluding tert-OH is 1. The Balaban J connectivity index is 1.78. The van der Waals surface area contributed by atoms with E-state index >= 15 is 0 Å². The second-order valence-electron chi connectivity index (χ2n) is 5.33. The van der Waals surface area contributed by atoms with Gasteiger partial charge in [0.05, 0.1) is 12.6 Å². The van der Waals surface area contributed by atoms with Crippen LogP contribution >= 0.6 is 11.6 Å². The molecule has 0 radical (unpaired) electrons. The van der Waals surface area contributed by atoms with E-state index < -0.39 is 0 Å². The van der Waals surface area contributed by atoms with Gasteiger partial charge in [0, 0.05) is 10.7 Å². The van der Waals surface area contributed by atoms with E-state index in [0.717, 1.165) is 17.2 Å². The molecule has 0 heterocycles. The van der Waals surface area contributed by atoms with Gasteiger partial charge in [-0.2, -0.15) is 0 Å². The zero-order valence-corrected chi connectivity index (χ0v) is 12.0. The molecule has 1 saturated carbocycles. The second-order valence-corrected chi connectivity index (χ2v) is 5.77. The third-order valence-corrected chi connectivity index (χ3v) is 3.98. The van der Waals surface area contributed by atoms with Crippen LogP contribution in [0, 0.1) is 0 Å². The molecule has 1 unspecified atom stereocenters. The SMILES string of the molecule is OCC(Nc1ccc(Cl)cc1)c1cccc(C2CC2)c1. The molecule has 104 valence electrons. The standard InChI is InChI=1S/C17H18ClNO/c18-15-6-8-16(9-7-15)19-17(11-20)14-3-1-2-13(10-14)12-4-5-12/h1-3,6-10,12,17,19-20H,4-5,11H2. The lowest BCUT2D eigenvalue weighted by molar-refractivity contribution is 0.276. The zero-order chi connectivity index (χ0) is 13.9. The number of nitrogens with one attached hydrogen (secondary N) is 1. The highest BCUT2D eigenvalue weighted by atomic mass is 35.5. The number of hydrogen-bond acceptors (Lipinski definition) is 2. The van der Waals surface area contributed by atoms with Crippen molar-refractivity contribution in [3.8, 4) is 0 Å². The number of aliphatic hydroxyl groups is 1. The molecule has 0 bridgehead atoms. The first-order valence-corrected chi connectivity index (χ1v) is 7.37. The molecule has 2 aromatic carbocycles. The van der Waals surface area contributed by atoms with Crippen molar-refractivity contribution in [2.45, 2.75) is 24.8 Å². The third kappa shape index (κ3) is 3.14. The fourth-order valence-electron chi connectivity index (χ4n) is 2.43. The Morgan fingerprint density at radius 3 is 2.55 bits per heavy atom. The van der Waals surface area contributed by atoms with Crippen LogP contribution < -0.4 is 5.32 Å². The maximum absolute atomic E-state index is 9.65. The van der Waals surface area contributed by atoms with Crippen LogP contribution in [0.1, 0.15) is 35.9 Å². The summed E-state index contributed by atoms with van der Waals surface area (Å²) in [6.07, 6.45) is 2.58. The minimum atomic E-state index is -0.0881. The average molecular weight is 288 g/mol. The maximum Gasteiger partial charge on any atom is 0.0745 e. The molecule has 1 atom stereocenters. The molecule has 0 saturated heterocycles. The fraction of sp³-hybridized carbons (Fsp3) is 0.294. The quantitative estimate of drug-likeness (QED) is 0.856. The highest BCUT2D eigenvalue weighted by molar-refractivity contribution is 6.30. The predicted molar refractivity (Wildman–Crippen MR) is 83.3 cm³/mol. The Kier molecular flexibility index (Phi) is 3.95. The summed E-state index contributed by atoms with van der Waals surface area (Å²) in [4.78, 5) is 0. The molecule has 20 heavy (non-hydrogen) atoms. The summed E-state index contributed by atoms with van der Waals surface area (Å²) in [7, 11) is 0. The van der Waals surface area contributed by atoms with E-state index in [1.165, 1.54) is 18.4 Å². The molecule has 2 N–H and O–H groups in total. The molecule has 0 spiro atoms. The maximum atomic E-state index is 9.65. The summed E-state index contributed by atoms with van der Waals surface area (Å²) >= 11 is 5.88. The fourth-order valence-corrected chi connectivity index (χ4v) is 2.55. The van der Waals surface area contributed by atoms with Gasteiger partial charge in [0.1, 0.15) is 0 Å². The summed E-state index contributed by atoms with van der Waals surface area (Å²) in [5.41, 5.74) is 3.48. The second kappa shape index (κ2) is 5.86. The molecule has 3 heteroatoms. The van der Waals surface area contributed by atoms with Crippen molar-refractivity contribution in [2.24, 2.45) is 0 Å². The smallest absolute Gasteiger partial charge is 0.0745 e. The predicted octanol–water partition coefficient (Wildman–Crippen LogP) is 4.36. The number of benzene rings is 2. The Morgan fingerprint density at radius 1 is 1.15 bits per heavy atom. The molecule has 2 aromatic rings. The number of anilines is 1. The van der Waals surface area contributed by atoms with Gasteiger partial charge < -0.3 is 10.4 Å². The largest absolute Gasteiger partial charge is 0.394 e. The van der Waals surface area contributed by atoms with E-state index in [9.17, 15) is 5.11 Å². The lowest BCUT2D eigenvalue weighted by atomic mass is 10.0. The highest BCUT2D eigenvalue weighted by Gasteiger charge is 2.24. The molecule has 0 aliphatic heterocycles. The Hall–Kier alpha value is -1.51. The summed E-state index contributed by atoms with van der Waals surface area (Å²) < 4.78 is 0. The van der Waals surface area contributed by atoms with E-state index in [-0.39, 0.29) is 12.6 Å². The molecular formula is C17H18ClNO. The molecule has 0 aromatic heterocycles. The topological polar surface area (TPSA) is 32.3 Å². The van der Waals surface area contributed by atoms with Gasteiger partial charge in [-0.1, -0.05) is 35.9 Å². The van der Waals surface area contributed by atoms with Crippen molar-refractivity contribution in [2.75, 3.05) is 11.9 Å². The summed E-state index contributed by atoms with van der Waals surface area (Å²) in [6.45, 7) is 0.0662. The van der Waals surface area contributed by atoms with E-state index in [1.807, 2.05) is 24.3 Å². The lowest BCUT2D eigenvalue weighted by Gasteiger charge is -2.19. The zero-order valence-electron chi connectivity index (χ0n) is 11.2. The van der Waals surface area contributed by atoms with Crippen molar-refractivity contribution in [3.63, 3.8) is 0 Å². The van der Waals surface area contributed by atoms with Gasteiger partial charge in [-0.3, -0.25) is 0 Å². The van der Waals surface area contributed by atoms with E-state index in [2.05, 4.69) is 29.6 Å². The average Bonchev–Trinajstić information content (AvgIpc) is 3.31. The van der Waals surface area contributed by atoms with E-state index in [4.69, 9.17) is 11.6 Å². The van der Waals surface area contributed by atoms with Crippen molar-refractivity contribution < 1.29 is 5.11 Å². The molecular weight excluding hydrogens is 270 g/mol. The lowest BCUT2D eigenvalue weighted by Crippen LogP contribution is -2.15. The summed E-state index contributed by atoms with van der Waals surface area (Å²) in [5, 5.41) is 13.7. The van der Waals surface area contributed by atoms with Crippen LogP contribution in [-0.2, 0) is 0 Å². The van der Waals surface area contributed by atoms with Crippen LogP contribution in [0.25, 0.3) is 0 Å². The Bertz CT molecular complexity index is 578. The van der Waals surface area contributed by atoms with Gasteiger partial charge in [0.25, 0.3) is 0 Å². The van der Waals surface area contributed by atoms with Gasteiger partial charge in [-0.05, 0) is 54.2 Å². The van der Waals surface area contributed by atoms with Gasteiger partial charge in [-0.25, -0.2) is 0 Å². The normalized spacial score (nSPS) is 15.9. The Labute approximate surface area is 124 Å². The minimum absolute atomic E-state index is 0.0662. The number of hydrogen-bond donors (Lipinski definition) is 2. The van der Waals surface area contributed by atoms with Crippen molar-refractivity contribution in [1.29, 1.82) is 0 Å². The van der Waals surface area contributed by atoms with Gasteiger partial charge >= 0.3 is 0 Å². The van der Waals surface area contributed by atoms with Crippen LogP contribution in [0.4, 0.5) is 5.69 Å². The monoisotopic (exact) mass is 287 g/mol. The first kappa shape index (κ1) is 13.5. The third-order valence-electron chi connectivity index (χ3n) is 3.73. The Morgan fingerprint density at radius 2 is 1.90 bits per heavy atom. The van der Waals surface area contributed by atoms with E-state index in [1.54, 1.807) is 0 Å². The molecule has 1 aliphatic carbocycles. The highest BCUT2D eigenvalue weighted by Crippen LogP contribution is 2.40. The van der Waals surface area contributed by atoms with Crippen molar-refractivity contribution >= 4 is 17.3 Å². The van der Waals surface area contributed by atoms with Crippen LogP contribution in [-0.4, -0.2) is 11.7 Å². The molecule has 1 aliphatic rings. The minimum Gasteiger partial charge on any atom is -0.394 e. The van der Waals surface area contributed by atoms with Crippen LogP contribution in [0.15, 0.2) is 48.5 Å². The van der Waals surface area contributed by atoms with Crippen LogP contribution in [0.2, 0.25) is 5.02 Å². The molecule has 3 rings (SSSR count). The van der Waals surface area contributed by atoms with Crippen molar-refractivity contribution in [1.82, 2.24) is 0 Å². The molecule has 2 nitrogen and oxygen atoms in total. The summed E-state index contributed by atoms with van der Waals surface area (Å²) in [5.74, 6) is 0.727. The van der Waals surface area contributed by atoms with Crippen LogP contribution in [0.3, 0.4) is 0 Å². The van der Waals surface area contributed by atoms with Crippen molar-refractivity contribution in [3.05, 3.63) is 64.7 Å². The van der Waals surface area contributed by atoms with Crippen LogP contribution in [0.5, 0.6) is 0 Å². The first-order chi connectivity index (χ1) is 9.76. The molecule has 1 fully saturated rings. The summed E-state index contributed by atoms with van der Waals surface area (Å²) in [6, 6.07) is 16.0. The number of halogens is 1. The first-order valence-electron chi connectivity index (χ1n) is 6.99. The van der Waals surface area contributed by atoms with Gasteiger partial charge in [0.2, 0.25) is 0 Å². The number of rotatable bonds is 5. The van der Waals surface area contributed by atoms with Gasteiger partial charge in [-0.15, -0.1) is 0 Å².